The van der Waals surface area contributed by atoms with Crippen molar-refractivity contribution < 1.29 is 4.74 Å². The van der Waals surface area contributed by atoms with Crippen LogP contribution in [0.2, 0.25) is 0 Å². The summed E-state index contributed by atoms with van der Waals surface area (Å²) in [7, 11) is 1.74. The topological polar surface area (TPSA) is 21.3 Å². The average Bonchev–Trinajstić information content (AvgIpc) is 2.95. The molecule has 1 heterocycles. The number of rotatable bonds is 1. The highest BCUT2D eigenvalue weighted by Gasteiger charge is 2.40. The molecule has 2 heteroatoms. The second-order valence-corrected chi connectivity index (χ2v) is 5.54. The van der Waals surface area contributed by atoms with E-state index in [0.717, 1.165) is 12.2 Å². The third-order valence-corrected chi connectivity index (χ3v) is 4.47. The molecule has 19 heavy (non-hydrogen) atoms. The molecule has 0 saturated heterocycles. The summed E-state index contributed by atoms with van der Waals surface area (Å²) in [6, 6.07) is 13.6. The highest BCUT2D eigenvalue weighted by molar-refractivity contribution is 5.70. The quantitative estimate of drug-likeness (QED) is 0.837. The molecule has 0 amide bonds. The van der Waals surface area contributed by atoms with E-state index in [2.05, 4.69) is 48.6 Å². The van der Waals surface area contributed by atoms with Gasteiger partial charge < -0.3 is 10.1 Å². The van der Waals surface area contributed by atoms with Gasteiger partial charge in [0.2, 0.25) is 0 Å². The second-order valence-electron chi connectivity index (χ2n) is 5.54. The lowest BCUT2D eigenvalue weighted by Gasteiger charge is -2.12. The SMILES string of the molecule is COc1cc(C)c2c(c1)[C@H]1c3ccccc3C[C@H]1N2. The zero-order valence-corrected chi connectivity index (χ0v) is 11.2. The molecule has 2 aliphatic rings. The largest absolute Gasteiger partial charge is 0.497 e. The molecule has 1 N–H and O–H groups in total. The fourth-order valence-corrected chi connectivity index (χ4v) is 3.64. The number of nitrogens with one attached hydrogen (secondary N) is 1. The fraction of sp³-hybridized carbons (Fsp3) is 0.294. The molecule has 2 aromatic carbocycles. The maximum absolute atomic E-state index is 5.43. The van der Waals surface area contributed by atoms with Gasteiger partial charge in [-0.1, -0.05) is 24.3 Å². The normalized spacial score (nSPS) is 22.4. The molecule has 0 fully saturated rings. The first kappa shape index (κ1) is 10.9. The second kappa shape index (κ2) is 3.77. The van der Waals surface area contributed by atoms with E-state index >= 15 is 0 Å². The summed E-state index contributed by atoms with van der Waals surface area (Å²) < 4.78 is 5.43. The number of anilines is 1. The number of benzene rings is 2. The number of hydrogen-bond donors (Lipinski definition) is 1. The average molecular weight is 251 g/mol. The van der Waals surface area contributed by atoms with Gasteiger partial charge >= 0.3 is 0 Å². The van der Waals surface area contributed by atoms with Crippen molar-refractivity contribution in [2.45, 2.75) is 25.3 Å². The first-order valence-electron chi connectivity index (χ1n) is 6.81. The van der Waals surface area contributed by atoms with Gasteiger partial charge in [-0.25, -0.2) is 0 Å². The van der Waals surface area contributed by atoms with Crippen LogP contribution in [0.5, 0.6) is 5.75 Å². The standard InChI is InChI=1S/C17H17NO/c1-10-7-12(19-2)9-14-16-13-6-4-3-5-11(13)8-15(16)18-17(10)14/h3-7,9,15-16,18H,8H2,1-2H3/t15-,16-/m1/s1. The fourth-order valence-electron chi connectivity index (χ4n) is 3.64. The zero-order valence-electron chi connectivity index (χ0n) is 11.2. The van der Waals surface area contributed by atoms with Crippen molar-refractivity contribution >= 4 is 5.69 Å². The molecule has 0 unspecified atom stereocenters. The van der Waals surface area contributed by atoms with Crippen LogP contribution < -0.4 is 10.1 Å². The molecule has 96 valence electrons. The van der Waals surface area contributed by atoms with E-state index in [0.29, 0.717) is 12.0 Å². The Morgan fingerprint density at radius 3 is 2.84 bits per heavy atom. The Bertz CT molecular complexity index is 662. The first-order chi connectivity index (χ1) is 9.28. The number of fused-ring (bicyclic) bond motifs is 5. The molecule has 2 nitrogen and oxygen atoms in total. The van der Waals surface area contributed by atoms with Crippen LogP contribution in [0.1, 0.15) is 28.2 Å². The highest BCUT2D eigenvalue weighted by atomic mass is 16.5. The summed E-state index contributed by atoms with van der Waals surface area (Å²) in [5, 5.41) is 3.71. The summed E-state index contributed by atoms with van der Waals surface area (Å²) in [5.41, 5.74) is 6.95. The van der Waals surface area contributed by atoms with Crippen molar-refractivity contribution in [3.05, 3.63) is 58.7 Å². The van der Waals surface area contributed by atoms with Gasteiger partial charge in [0.25, 0.3) is 0 Å². The molecule has 0 saturated carbocycles. The Labute approximate surface area is 113 Å². The smallest absolute Gasteiger partial charge is 0.119 e. The lowest BCUT2D eigenvalue weighted by Crippen LogP contribution is -2.17. The van der Waals surface area contributed by atoms with E-state index in [1.54, 1.807) is 7.11 Å². The zero-order chi connectivity index (χ0) is 13.0. The van der Waals surface area contributed by atoms with E-state index in [9.17, 15) is 0 Å². The van der Waals surface area contributed by atoms with Gasteiger partial charge in [-0.2, -0.15) is 0 Å². The third-order valence-electron chi connectivity index (χ3n) is 4.47. The van der Waals surface area contributed by atoms with E-state index in [1.807, 2.05) is 0 Å². The van der Waals surface area contributed by atoms with Gasteiger partial charge in [-0.05, 0) is 47.7 Å². The molecule has 1 aliphatic heterocycles. The van der Waals surface area contributed by atoms with E-state index < -0.39 is 0 Å². The van der Waals surface area contributed by atoms with E-state index in [4.69, 9.17) is 4.74 Å². The van der Waals surface area contributed by atoms with Crippen LogP contribution in [0.3, 0.4) is 0 Å². The summed E-state index contributed by atoms with van der Waals surface area (Å²) in [6.07, 6.45) is 1.12. The van der Waals surface area contributed by atoms with Crippen molar-refractivity contribution in [2.75, 3.05) is 12.4 Å². The molecule has 2 aromatic rings. The molecular weight excluding hydrogens is 234 g/mol. The van der Waals surface area contributed by atoms with Gasteiger partial charge in [0, 0.05) is 17.6 Å². The Morgan fingerprint density at radius 1 is 1.16 bits per heavy atom. The lowest BCUT2D eigenvalue weighted by molar-refractivity contribution is 0.414. The van der Waals surface area contributed by atoms with Crippen molar-refractivity contribution in [3.8, 4) is 5.75 Å². The van der Waals surface area contributed by atoms with Crippen molar-refractivity contribution in [1.82, 2.24) is 0 Å². The minimum Gasteiger partial charge on any atom is -0.497 e. The molecule has 0 radical (unpaired) electrons. The monoisotopic (exact) mass is 251 g/mol. The molecule has 1 aliphatic carbocycles. The predicted molar refractivity (Wildman–Crippen MR) is 77.1 cm³/mol. The van der Waals surface area contributed by atoms with Crippen LogP contribution in [-0.4, -0.2) is 13.2 Å². The van der Waals surface area contributed by atoms with Crippen LogP contribution in [0.25, 0.3) is 0 Å². The van der Waals surface area contributed by atoms with Crippen LogP contribution in [0, 0.1) is 6.92 Å². The van der Waals surface area contributed by atoms with E-state index in [1.165, 1.54) is 27.9 Å². The highest BCUT2D eigenvalue weighted by Crippen LogP contribution is 2.49. The van der Waals surface area contributed by atoms with Crippen LogP contribution >= 0.6 is 0 Å². The number of methoxy groups -OCH3 is 1. The predicted octanol–water partition coefficient (Wildman–Crippen LogP) is 3.49. The van der Waals surface area contributed by atoms with Crippen LogP contribution in [0.15, 0.2) is 36.4 Å². The molecule has 0 spiro atoms. The maximum atomic E-state index is 5.43. The van der Waals surface area contributed by atoms with E-state index in [-0.39, 0.29) is 0 Å². The van der Waals surface area contributed by atoms with Gasteiger partial charge in [0.15, 0.2) is 0 Å². The number of ether oxygens (including phenoxy) is 1. The molecule has 2 atom stereocenters. The summed E-state index contributed by atoms with van der Waals surface area (Å²) in [4.78, 5) is 0. The minimum atomic E-state index is 0.486. The Balaban J connectivity index is 1.91. The molecule has 0 bridgehead atoms. The molecular formula is C17H17NO. The van der Waals surface area contributed by atoms with Gasteiger partial charge in [0.1, 0.15) is 5.75 Å². The van der Waals surface area contributed by atoms with Gasteiger partial charge in [-0.15, -0.1) is 0 Å². The minimum absolute atomic E-state index is 0.486. The van der Waals surface area contributed by atoms with Gasteiger partial charge in [-0.3, -0.25) is 0 Å². The van der Waals surface area contributed by atoms with Gasteiger partial charge in [0.05, 0.1) is 7.11 Å². The van der Waals surface area contributed by atoms with Crippen molar-refractivity contribution in [3.63, 3.8) is 0 Å². The maximum Gasteiger partial charge on any atom is 0.119 e. The number of hydrogen-bond acceptors (Lipinski definition) is 2. The summed E-state index contributed by atoms with van der Waals surface area (Å²) in [6.45, 7) is 2.15. The lowest BCUT2D eigenvalue weighted by atomic mass is 9.92. The molecule has 0 aromatic heterocycles. The number of aryl methyl sites for hydroxylation is 1. The Kier molecular flexibility index (Phi) is 2.16. The third kappa shape index (κ3) is 1.43. The molecule has 4 rings (SSSR count). The van der Waals surface area contributed by atoms with Crippen molar-refractivity contribution in [1.29, 1.82) is 0 Å². The summed E-state index contributed by atoms with van der Waals surface area (Å²) >= 11 is 0. The Morgan fingerprint density at radius 2 is 2.00 bits per heavy atom. The van der Waals surface area contributed by atoms with Crippen LogP contribution in [-0.2, 0) is 6.42 Å². The first-order valence-corrected chi connectivity index (χ1v) is 6.81. The summed E-state index contributed by atoms with van der Waals surface area (Å²) in [5.74, 6) is 1.45. The van der Waals surface area contributed by atoms with Crippen LogP contribution in [0.4, 0.5) is 5.69 Å². The Hall–Kier alpha value is -1.96. The van der Waals surface area contributed by atoms with Crippen molar-refractivity contribution in [2.24, 2.45) is 0 Å².